The Morgan fingerprint density at radius 3 is 2.76 bits per heavy atom. The Balaban J connectivity index is 2.42. The number of anilines is 1. The number of likely N-dealkylation sites (N-methyl/N-ethyl adjacent to an activating group) is 1. The molecule has 0 aliphatic carbocycles. The molecule has 2 rings (SSSR count). The smallest absolute Gasteiger partial charge is 0.165 e. The van der Waals surface area contributed by atoms with E-state index < -0.39 is 0 Å². The molecule has 2 atom stereocenters. The summed E-state index contributed by atoms with van der Waals surface area (Å²) in [5.74, 6) is 0.567. The topological polar surface area (TPSA) is 53.0 Å². The van der Waals surface area contributed by atoms with Crippen LogP contribution >= 0.6 is 0 Å². The molecule has 1 heterocycles. The molecule has 1 saturated heterocycles. The number of hydrogen-bond acceptors (Lipinski definition) is 5. The van der Waals surface area contributed by atoms with E-state index in [0.29, 0.717) is 24.3 Å². The summed E-state index contributed by atoms with van der Waals surface area (Å²) in [4.78, 5) is 16.3. The molecule has 0 aromatic heterocycles. The van der Waals surface area contributed by atoms with Gasteiger partial charge in [-0.15, -0.1) is 0 Å². The van der Waals surface area contributed by atoms with Crippen molar-refractivity contribution < 1.29 is 14.6 Å². The minimum absolute atomic E-state index is 0.0209. The fourth-order valence-corrected chi connectivity index (χ4v) is 3.06. The van der Waals surface area contributed by atoms with Gasteiger partial charge in [0.1, 0.15) is 5.75 Å². The fraction of sp³-hybridized carbons (Fsp3) is 0.562. The van der Waals surface area contributed by atoms with Crippen molar-refractivity contribution in [3.05, 3.63) is 23.8 Å². The number of β-amino-alcohol motifs (C(OH)–C–C–N with tert-alkyl or cyclic N) is 1. The Morgan fingerprint density at radius 1 is 1.48 bits per heavy atom. The van der Waals surface area contributed by atoms with Gasteiger partial charge in [0.25, 0.3) is 0 Å². The van der Waals surface area contributed by atoms with Gasteiger partial charge < -0.3 is 19.6 Å². The number of rotatable bonds is 5. The van der Waals surface area contributed by atoms with Crippen LogP contribution in [0.4, 0.5) is 5.69 Å². The average molecular weight is 292 g/mol. The lowest BCUT2D eigenvalue weighted by Crippen LogP contribution is -2.38. The molecule has 1 aromatic carbocycles. The zero-order valence-corrected chi connectivity index (χ0v) is 13.2. The van der Waals surface area contributed by atoms with Gasteiger partial charge in [-0.2, -0.15) is 0 Å². The SMILES string of the molecule is COc1cccc(N2CC(O)CC2CN(C)C)c1C(C)=O. The first kappa shape index (κ1) is 15.8. The van der Waals surface area contributed by atoms with E-state index >= 15 is 0 Å². The van der Waals surface area contributed by atoms with Crippen LogP contribution in [-0.2, 0) is 0 Å². The van der Waals surface area contributed by atoms with Crippen LogP contribution in [0.25, 0.3) is 0 Å². The molecule has 5 nitrogen and oxygen atoms in total. The van der Waals surface area contributed by atoms with Crippen LogP contribution in [0, 0.1) is 0 Å². The summed E-state index contributed by atoms with van der Waals surface area (Å²) in [5, 5.41) is 10.0. The molecule has 2 unspecified atom stereocenters. The molecule has 0 radical (unpaired) electrons. The highest BCUT2D eigenvalue weighted by atomic mass is 16.5. The van der Waals surface area contributed by atoms with E-state index in [9.17, 15) is 9.90 Å². The number of hydrogen-bond donors (Lipinski definition) is 1. The molecule has 0 bridgehead atoms. The highest BCUT2D eigenvalue weighted by molar-refractivity contribution is 6.02. The molecular weight excluding hydrogens is 268 g/mol. The molecule has 116 valence electrons. The molecule has 21 heavy (non-hydrogen) atoms. The minimum Gasteiger partial charge on any atom is -0.496 e. The molecular formula is C16H24N2O3. The third kappa shape index (κ3) is 3.36. The van der Waals surface area contributed by atoms with Crippen LogP contribution in [0.3, 0.4) is 0 Å². The van der Waals surface area contributed by atoms with Gasteiger partial charge in [-0.1, -0.05) is 6.07 Å². The second-order valence-electron chi connectivity index (χ2n) is 5.87. The van der Waals surface area contributed by atoms with E-state index in [1.165, 1.54) is 0 Å². The summed E-state index contributed by atoms with van der Waals surface area (Å²) in [6.07, 6.45) is 0.355. The lowest BCUT2D eigenvalue weighted by atomic mass is 10.1. The monoisotopic (exact) mass is 292 g/mol. The molecule has 0 amide bonds. The predicted molar refractivity (Wildman–Crippen MR) is 83.3 cm³/mol. The summed E-state index contributed by atoms with van der Waals surface area (Å²) in [6.45, 7) is 2.94. The number of Topliss-reactive ketones (excluding diaryl/α,β-unsaturated/α-hetero) is 1. The third-order valence-corrected chi connectivity index (χ3v) is 3.85. The van der Waals surface area contributed by atoms with Crippen molar-refractivity contribution >= 4 is 11.5 Å². The lowest BCUT2D eigenvalue weighted by Gasteiger charge is -2.30. The van der Waals surface area contributed by atoms with Crippen LogP contribution in [0.1, 0.15) is 23.7 Å². The second-order valence-corrected chi connectivity index (χ2v) is 5.87. The van der Waals surface area contributed by atoms with E-state index in [-0.39, 0.29) is 17.9 Å². The molecule has 0 saturated carbocycles. The van der Waals surface area contributed by atoms with Gasteiger partial charge in [-0.3, -0.25) is 4.79 Å². The van der Waals surface area contributed by atoms with Crippen molar-refractivity contribution in [1.29, 1.82) is 0 Å². The molecule has 1 fully saturated rings. The number of benzene rings is 1. The van der Waals surface area contributed by atoms with Gasteiger partial charge in [-0.05, 0) is 39.6 Å². The maximum absolute atomic E-state index is 12.0. The van der Waals surface area contributed by atoms with E-state index in [1.54, 1.807) is 20.1 Å². The Hall–Kier alpha value is -1.59. The van der Waals surface area contributed by atoms with Gasteiger partial charge in [0.15, 0.2) is 5.78 Å². The van der Waals surface area contributed by atoms with Crippen molar-refractivity contribution in [3.8, 4) is 5.75 Å². The first-order valence-corrected chi connectivity index (χ1v) is 7.21. The van der Waals surface area contributed by atoms with Crippen LogP contribution in [-0.4, -0.2) is 62.2 Å². The van der Waals surface area contributed by atoms with Crippen molar-refractivity contribution in [2.75, 3.05) is 39.2 Å². The van der Waals surface area contributed by atoms with E-state index in [0.717, 1.165) is 12.2 Å². The van der Waals surface area contributed by atoms with Gasteiger partial charge in [0, 0.05) is 19.1 Å². The number of nitrogens with zero attached hydrogens (tertiary/aromatic N) is 2. The van der Waals surface area contributed by atoms with E-state index in [4.69, 9.17) is 4.74 Å². The molecule has 1 aromatic rings. The highest BCUT2D eigenvalue weighted by Gasteiger charge is 2.33. The van der Waals surface area contributed by atoms with E-state index in [1.807, 2.05) is 26.2 Å². The Morgan fingerprint density at radius 2 is 2.19 bits per heavy atom. The van der Waals surface area contributed by atoms with Gasteiger partial charge in [0.05, 0.1) is 24.5 Å². The summed E-state index contributed by atoms with van der Waals surface area (Å²) in [6, 6.07) is 5.81. The predicted octanol–water partition coefficient (Wildman–Crippen LogP) is 1.40. The van der Waals surface area contributed by atoms with Crippen LogP contribution in [0.2, 0.25) is 0 Å². The van der Waals surface area contributed by atoms with Gasteiger partial charge in [0.2, 0.25) is 0 Å². The zero-order chi connectivity index (χ0) is 15.6. The van der Waals surface area contributed by atoms with Crippen LogP contribution < -0.4 is 9.64 Å². The van der Waals surface area contributed by atoms with Crippen molar-refractivity contribution in [3.63, 3.8) is 0 Å². The van der Waals surface area contributed by atoms with Crippen LogP contribution in [0.15, 0.2) is 18.2 Å². The highest BCUT2D eigenvalue weighted by Crippen LogP contribution is 2.34. The maximum atomic E-state index is 12.0. The largest absolute Gasteiger partial charge is 0.496 e. The number of carbonyl (C=O) groups is 1. The number of aliphatic hydroxyl groups excluding tert-OH is 1. The first-order chi connectivity index (χ1) is 9.93. The molecule has 0 spiro atoms. The minimum atomic E-state index is -0.360. The number of aliphatic hydroxyl groups is 1. The number of ether oxygens (including phenoxy) is 1. The van der Waals surface area contributed by atoms with Gasteiger partial charge in [-0.25, -0.2) is 0 Å². The second kappa shape index (κ2) is 6.45. The molecule has 5 heteroatoms. The Labute approximate surface area is 126 Å². The Kier molecular flexibility index (Phi) is 4.85. The first-order valence-electron chi connectivity index (χ1n) is 7.21. The third-order valence-electron chi connectivity index (χ3n) is 3.85. The molecule has 1 aliphatic heterocycles. The maximum Gasteiger partial charge on any atom is 0.165 e. The van der Waals surface area contributed by atoms with E-state index in [2.05, 4.69) is 9.80 Å². The van der Waals surface area contributed by atoms with Gasteiger partial charge >= 0.3 is 0 Å². The van der Waals surface area contributed by atoms with Crippen LogP contribution in [0.5, 0.6) is 5.75 Å². The molecule has 1 aliphatic rings. The van der Waals surface area contributed by atoms with Crippen molar-refractivity contribution in [2.45, 2.75) is 25.5 Å². The summed E-state index contributed by atoms with van der Waals surface area (Å²) < 4.78 is 5.33. The summed E-state index contributed by atoms with van der Waals surface area (Å²) >= 11 is 0. The normalized spacial score (nSPS) is 21.9. The zero-order valence-electron chi connectivity index (χ0n) is 13.2. The number of carbonyl (C=O) groups excluding carboxylic acids is 1. The molecule has 1 N–H and O–H groups in total. The number of ketones is 1. The fourth-order valence-electron chi connectivity index (χ4n) is 3.06. The quantitative estimate of drug-likeness (QED) is 0.831. The standard InChI is InChI=1S/C16H24N2O3/c1-11(19)16-14(6-5-7-15(16)21-4)18-10-13(20)8-12(18)9-17(2)3/h5-7,12-13,20H,8-10H2,1-4H3. The summed E-state index contributed by atoms with van der Waals surface area (Å²) in [7, 11) is 5.60. The summed E-state index contributed by atoms with van der Waals surface area (Å²) in [5.41, 5.74) is 1.45. The average Bonchev–Trinajstić information content (AvgIpc) is 2.77. The lowest BCUT2D eigenvalue weighted by molar-refractivity contribution is 0.101. The van der Waals surface area contributed by atoms with Crippen molar-refractivity contribution in [2.24, 2.45) is 0 Å². The Bertz CT molecular complexity index is 516. The number of methoxy groups -OCH3 is 1. The van der Waals surface area contributed by atoms with Crippen molar-refractivity contribution in [1.82, 2.24) is 4.90 Å².